The number of nitrogens with zero attached hydrogens (tertiary/aromatic N) is 2. The molecule has 1 amide bonds. The van der Waals surface area contributed by atoms with Crippen LogP contribution in [0.5, 0.6) is 0 Å². The lowest BCUT2D eigenvalue weighted by molar-refractivity contribution is -0.140. The van der Waals surface area contributed by atoms with Gasteiger partial charge in [-0.3, -0.25) is 4.79 Å². The number of amides is 1. The fraction of sp³-hybridized carbons (Fsp3) is 0.923. The molecule has 106 valence electrons. The summed E-state index contributed by atoms with van der Waals surface area (Å²) in [6.07, 6.45) is 1.05. The van der Waals surface area contributed by atoms with E-state index in [4.69, 9.17) is 4.74 Å². The average Bonchev–Trinajstić information content (AvgIpc) is 2.51. The van der Waals surface area contributed by atoms with Crippen molar-refractivity contribution in [3.63, 3.8) is 0 Å². The van der Waals surface area contributed by atoms with Crippen LogP contribution >= 0.6 is 15.9 Å². The van der Waals surface area contributed by atoms with Crippen LogP contribution in [0.2, 0.25) is 0 Å². The topological polar surface area (TPSA) is 32.8 Å². The Morgan fingerprint density at radius 3 is 2.56 bits per heavy atom. The van der Waals surface area contributed by atoms with E-state index in [2.05, 4.69) is 20.8 Å². The molecule has 4 nitrogen and oxygen atoms in total. The third-order valence-electron chi connectivity index (χ3n) is 2.97. The molecule has 0 N–H and O–H groups in total. The zero-order chi connectivity index (χ0) is 13.6. The maximum atomic E-state index is 12.0. The van der Waals surface area contributed by atoms with Crippen LogP contribution in [0, 0.1) is 0 Å². The maximum absolute atomic E-state index is 12.0. The van der Waals surface area contributed by atoms with Gasteiger partial charge in [0.2, 0.25) is 5.91 Å². The zero-order valence-corrected chi connectivity index (χ0v) is 13.3. The summed E-state index contributed by atoms with van der Waals surface area (Å²) in [6, 6.07) is 0. The van der Waals surface area contributed by atoms with E-state index in [1.807, 2.05) is 25.7 Å². The van der Waals surface area contributed by atoms with E-state index in [-0.39, 0.29) is 18.1 Å². The SMILES string of the molecule is CC(C)(C)OCC(=O)N1CCCN(CCBr)CC1. The lowest BCUT2D eigenvalue weighted by Gasteiger charge is -2.24. The van der Waals surface area contributed by atoms with Gasteiger partial charge in [-0.05, 0) is 33.7 Å². The van der Waals surface area contributed by atoms with Crippen molar-refractivity contribution < 1.29 is 9.53 Å². The van der Waals surface area contributed by atoms with Gasteiger partial charge >= 0.3 is 0 Å². The van der Waals surface area contributed by atoms with Crippen LogP contribution in [0.1, 0.15) is 27.2 Å². The van der Waals surface area contributed by atoms with Crippen LogP contribution in [0.4, 0.5) is 0 Å². The first-order valence-electron chi connectivity index (χ1n) is 6.62. The van der Waals surface area contributed by atoms with Crippen LogP contribution < -0.4 is 0 Å². The molecular formula is C13H25BrN2O2. The fourth-order valence-electron chi connectivity index (χ4n) is 1.93. The van der Waals surface area contributed by atoms with Crippen molar-refractivity contribution in [2.24, 2.45) is 0 Å². The molecule has 1 saturated heterocycles. The molecular weight excluding hydrogens is 296 g/mol. The molecule has 1 heterocycles. The molecule has 0 spiro atoms. The van der Waals surface area contributed by atoms with Crippen molar-refractivity contribution in [2.45, 2.75) is 32.8 Å². The van der Waals surface area contributed by atoms with Gasteiger partial charge in [0, 0.05) is 31.5 Å². The van der Waals surface area contributed by atoms with Gasteiger partial charge in [-0.25, -0.2) is 0 Å². The normalized spacial score (nSPS) is 18.8. The van der Waals surface area contributed by atoms with Crippen molar-refractivity contribution in [3.05, 3.63) is 0 Å². The molecule has 1 fully saturated rings. The largest absolute Gasteiger partial charge is 0.366 e. The van der Waals surface area contributed by atoms with Gasteiger partial charge in [0.15, 0.2) is 0 Å². The minimum Gasteiger partial charge on any atom is -0.366 e. The summed E-state index contributed by atoms with van der Waals surface area (Å²) in [5.41, 5.74) is -0.247. The highest BCUT2D eigenvalue weighted by atomic mass is 79.9. The van der Waals surface area contributed by atoms with E-state index in [0.29, 0.717) is 0 Å². The van der Waals surface area contributed by atoms with Crippen molar-refractivity contribution >= 4 is 21.8 Å². The molecule has 18 heavy (non-hydrogen) atoms. The second-order valence-electron chi connectivity index (χ2n) is 5.67. The average molecular weight is 321 g/mol. The van der Waals surface area contributed by atoms with Crippen molar-refractivity contribution in [3.8, 4) is 0 Å². The summed E-state index contributed by atoms with van der Waals surface area (Å²) in [5, 5.41) is 0.994. The third kappa shape index (κ3) is 6.16. The maximum Gasteiger partial charge on any atom is 0.248 e. The van der Waals surface area contributed by atoms with Crippen LogP contribution in [0.3, 0.4) is 0 Å². The van der Waals surface area contributed by atoms with Crippen LogP contribution in [-0.4, -0.2) is 66.0 Å². The number of hydrogen-bond acceptors (Lipinski definition) is 3. The Kier molecular flexibility index (Phi) is 6.60. The standard InChI is InChI=1S/C13H25BrN2O2/c1-13(2,3)18-11-12(17)16-7-4-6-15(8-5-14)9-10-16/h4-11H2,1-3H3. The molecule has 0 bridgehead atoms. The molecule has 0 aliphatic carbocycles. The molecule has 5 heteroatoms. The Morgan fingerprint density at radius 2 is 1.94 bits per heavy atom. The van der Waals surface area contributed by atoms with E-state index in [0.717, 1.165) is 44.5 Å². The summed E-state index contributed by atoms with van der Waals surface area (Å²) < 4.78 is 5.55. The van der Waals surface area contributed by atoms with Crippen molar-refractivity contribution in [1.29, 1.82) is 0 Å². The first-order chi connectivity index (χ1) is 8.42. The lowest BCUT2D eigenvalue weighted by Crippen LogP contribution is -2.39. The Bertz CT molecular complexity index is 266. The predicted molar refractivity (Wildman–Crippen MR) is 77.1 cm³/mol. The number of alkyl halides is 1. The van der Waals surface area contributed by atoms with Gasteiger partial charge in [0.05, 0.1) is 5.60 Å². The summed E-state index contributed by atoms with van der Waals surface area (Å²) in [5.74, 6) is 0.116. The van der Waals surface area contributed by atoms with Crippen molar-refractivity contribution in [1.82, 2.24) is 9.80 Å². The molecule has 0 radical (unpaired) electrons. The lowest BCUT2D eigenvalue weighted by atomic mass is 10.2. The summed E-state index contributed by atoms with van der Waals surface area (Å²) in [4.78, 5) is 16.4. The number of hydrogen-bond donors (Lipinski definition) is 0. The molecule has 0 atom stereocenters. The molecule has 0 saturated carbocycles. The monoisotopic (exact) mass is 320 g/mol. The summed E-state index contributed by atoms with van der Waals surface area (Å²) in [6.45, 7) is 10.9. The first-order valence-corrected chi connectivity index (χ1v) is 7.74. The van der Waals surface area contributed by atoms with E-state index < -0.39 is 0 Å². The van der Waals surface area contributed by atoms with Gasteiger partial charge in [-0.1, -0.05) is 15.9 Å². The first kappa shape index (κ1) is 15.9. The number of rotatable bonds is 4. The van der Waals surface area contributed by atoms with Gasteiger partial charge in [-0.2, -0.15) is 0 Å². The van der Waals surface area contributed by atoms with Gasteiger partial charge in [0.1, 0.15) is 6.61 Å². The second kappa shape index (κ2) is 7.46. The Morgan fingerprint density at radius 1 is 1.22 bits per heavy atom. The quantitative estimate of drug-likeness (QED) is 0.740. The van der Waals surface area contributed by atoms with E-state index in [9.17, 15) is 4.79 Å². The highest BCUT2D eigenvalue weighted by Gasteiger charge is 2.20. The van der Waals surface area contributed by atoms with Gasteiger partial charge < -0.3 is 14.5 Å². The van der Waals surface area contributed by atoms with Crippen LogP contribution in [0.15, 0.2) is 0 Å². The fourth-order valence-corrected chi connectivity index (χ4v) is 2.43. The number of ether oxygens (including phenoxy) is 1. The Balaban J connectivity index is 2.35. The molecule has 1 rings (SSSR count). The Hall–Kier alpha value is -0.130. The van der Waals surface area contributed by atoms with Crippen LogP contribution in [-0.2, 0) is 9.53 Å². The van der Waals surface area contributed by atoms with Gasteiger partial charge in [-0.15, -0.1) is 0 Å². The summed E-state index contributed by atoms with van der Waals surface area (Å²) in [7, 11) is 0. The van der Waals surface area contributed by atoms with E-state index in [1.54, 1.807) is 0 Å². The minimum absolute atomic E-state index is 0.116. The molecule has 1 aliphatic rings. The highest BCUT2D eigenvalue weighted by molar-refractivity contribution is 9.09. The number of carbonyl (C=O) groups excluding carboxylic acids is 1. The van der Waals surface area contributed by atoms with Gasteiger partial charge in [0.25, 0.3) is 0 Å². The second-order valence-corrected chi connectivity index (χ2v) is 6.46. The van der Waals surface area contributed by atoms with Crippen molar-refractivity contribution in [2.75, 3.05) is 44.7 Å². The van der Waals surface area contributed by atoms with Crippen LogP contribution in [0.25, 0.3) is 0 Å². The van der Waals surface area contributed by atoms with E-state index >= 15 is 0 Å². The highest BCUT2D eigenvalue weighted by Crippen LogP contribution is 2.08. The minimum atomic E-state index is -0.247. The van der Waals surface area contributed by atoms with E-state index in [1.165, 1.54) is 0 Å². The molecule has 1 aliphatic heterocycles. The predicted octanol–water partition coefficient (Wildman–Crippen LogP) is 1.73. The molecule has 0 aromatic rings. The zero-order valence-electron chi connectivity index (χ0n) is 11.7. The number of carbonyl (C=O) groups is 1. The Labute approximate surface area is 119 Å². The third-order valence-corrected chi connectivity index (χ3v) is 3.33. The number of halogens is 1. The smallest absolute Gasteiger partial charge is 0.248 e. The molecule has 0 aromatic carbocycles. The summed E-state index contributed by atoms with van der Waals surface area (Å²) >= 11 is 3.46. The molecule has 0 aromatic heterocycles. The molecule has 0 unspecified atom stereocenters.